The van der Waals surface area contributed by atoms with Crippen LogP contribution < -0.4 is 9.46 Å². The summed E-state index contributed by atoms with van der Waals surface area (Å²) in [4.78, 5) is 0. The van der Waals surface area contributed by atoms with Crippen molar-refractivity contribution in [3.8, 4) is 5.75 Å². The average molecular weight is 459 g/mol. The molecule has 7 nitrogen and oxygen atoms in total. The third-order valence-corrected chi connectivity index (χ3v) is 8.88. The van der Waals surface area contributed by atoms with E-state index in [9.17, 15) is 8.42 Å². The number of rotatable bonds is 6. The first-order valence-electron chi connectivity index (χ1n) is 11.9. The van der Waals surface area contributed by atoms with Crippen LogP contribution in [0.1, 0.15) is 83.6 Å². The molecule has 0 aliphatic heterocycles. The molecule has 8 heteroatoms. The highest BCUT2D eigenvalue weighted by molar-refractivity contribution is 7.92. The highest BCUT2D eigenvalue weighted by Gasteiger charge is 2.64. The number of nitrogens with zero attached hydrogens (tertiary/aromatic N) is 3. The molecule has 5 aliphatic carbocycles. The molecule has 2 heterocycles. The maximum Gasteiger partial charge on any atom is 0.242 e. The third kappa shape index (κ3) is 3.49. The van der Waals surface area contributed by atoms with Crippen molar-refractivity contribution in [1.29, 1.82) is 0 Å². The number of sulfonamides is 1. The highest BCUT2D eigenvalue weighted by atomic mass is 32.2. The Labute approximate surface area is 190 Å². The van der Waals surface area contributed by atoms with Gasteiger partial charge in [-0.1, -0.05) is 20.8 Å². The molecule has 0 amide bonds. The predicted molar refractivity (Wildman–Crippen MR) is 123 cm³/mol. The fourth-order valence-electron chi connectivity index (χ4n) is 8.93. The van der Waals surface area contributed by atoms with E-state index in [-0.39, 0.29) is 11.4 Å². The normalized spacial score (nSPS) is 38.4. The van der Waals surface area contributed by atoms with Gasteiger partial charge in [-0.15, -0.1) is 10.2 Å². The average Bonchev–Trinajstić information content (AvgIpc) is 3.37. The van der Waals surface area contributed by atoms with Crippen molar-refractivity contribution in [3.63, 3.8) is 0 Å². The fraction of sp³-hybridized carbons (Fsp3) is 0.750. The van der Waals surface area contributed by atoms with Crippen molar-refractivity contribution in [3.05, 3.63) is 17.8 Å². The molecule has 0 spiro atoms. The van der Waals surface area contributed by atoms with E-state index in [2.05, 4.69) is 35.7 Å². The van der Waals surface area contributed by atoms with Crippen LogP contribution in [0, 0.1) is 21.7 Å². The van der Waals surface area contributed by atoms with Crippen molar-refractivity contribution in [2.24, 2.45) is 21.7 Å². The molecule has 0 unspecified atom stereocenters. The lowest BCUT2D eigenvalue weighted by molar-refractivity contribution is -0.192. The Morgan fingerprint density at radius 2 is 1.62 bits per heavy atom. The predicted octanol–water partition coefficient (Wildman–Crippen LogP) is 4.74. The second kappa shape index (κ2) is 6.19. The number of fused-ring (bicyclic) bond motifs is 1. The minimum absolute atomic E-state index is 0.228. The van der Waals surface area contributed by atoms with Crippen LogP contribution in [0.2, 0.25) is 0 Å². The number of pyridine rings is 1. The largest absolute Gasteiger partial charge is 0.493 e. The van der Waals surface area contributed by atoms with E-state index in [1.165, 1.54) is 38.5 Å². The number of anilines is 1. The summed E-state index contributed by atoms with van der Waals surface area (Å²) in [6.07, 6.45) is 13.2. The van der Waals surface area contributed by atoms with Gasteiger partial charge in [0.25, 0.3) is 0 Å². The van der Waals surface area contributed by atoms with Crippen molar-refractivity contribution >= 4 is 21.6 Å². The van der Waals surface area contributed by atoms with E-state index in [4.69, 9.17) is 4.74 Å². The quantitative estimate of drug-likeness (QED) is 0.675. The highest BCUT2D eigenvalue weighted by Crippen LogP contribution is 2.73. The SMILES string of the molecule is CC12CC3(C)CC(C)(C1)CC(COc1cc4nnc(NS(C)(=O)=O)n4cc1C1CC1)(C2)C3. The van der Waals surface area contributed by atoms with Gasteiger partial charge in [0.05, 0.1) is 12.9 Å². The number of nitrogens with one attached hydrogen (secondary N) is 1. The molecule has 0 aromatic carbocycles. The maximum absolute atomic E-state index is 11.7. The van der Waals surface area contributed by atoms with Gasteiger partial charge in [0.2, 0.25) is 16.0 Å². The van der Waals surface area contributed by atoms with E-state index < -0.39 is 10.0 Å². The van der Waals surface area contributed by atoms with Crippen LogP contribution in [-0.4, -0.2) is 35.9 Å². The molecular weight excluding hydrogens is 424 g/mol. The molecule has 5 saturated carbocycles. The van der Waals surface area contributed by atoms with Crippen LogP contribution in [0.15, 0.2) is 12.3 Å². The van der Waals surface area contributed by atoms with Crippen LogP contribution in [0.4, 0.5) is 5.95 Å². The smallest absolute Gasteiger partial charge is 0.242 e. The molecule has 1 N–H and O–H groups in total. The zero-order chi connectivity index (χ0) is 22.6. The van der Waals surface area contributed by atoms with Gasteiger partial charge in [0.15, 0.2) is 5.65 Å². The Bertz CT molecular complexity index is 1160. The molecule has 0 atom stereocenters. The van der Waals surface area contributed by atoms with Gasteiger partial charge in [-0.25, -0.2) is 8.42 Å². The summed E-state index contributed by atoms with van der Waals surface area (Å²) in [6.45, 7) is 8.27. The number of hydrogen-bond acceptors (Lipinski definition) is 5. The maximum atomic E-state index is 11.7. The molecule has 4 bridgehead atoms. The van der Waals surface area contributed by atoms with Gasteiger partial charge in [-0.05, 0) is 73.5 Å². The first-order valence-corrected chi connectivity index (χ1v) is 13.7. The van der Waals surface area contributed by atoms with E-state index >= 15 is 0 Å². The Balaban J connectivity index is 1.32. The first-order chi connectivity index (χ1) is 14.9. The Morgan fingerprint density at radius 1 is 1.03 bits per heavy atom. The van der Waals surface area contributed by atoms with Crippen molar-refractivity contribution in [2.75, 3.05) is 17.6 Å². The van der Waals surface area contributed by atoms with E-state index in [0.717, 1.165) is 37.0 Å². The summed E-state index contributed by atoms with van der Waals surface area (Å²) >= 11 is 0. The molecule has 7 rings (SSSR count). The Morgan fingerprint density at radius 3 is 2.16 bits per heavy atom. The summed E-state index contributed by atoms with van der Waals surface area (Å²) in [5, 5.41) is 8.25. The van der Waals surface area contributed by atoms with Crippen LogP contribution in [0.3, 0.4) is 0 Å². The second-order valence-electron chi connectivity index (χ2n) is 12.8. The van der Waals surface area contributed by atoms with E-state index in [1.54, 1.807) is 4.40 Å². The molecule has 0 radical (unpaired) electrons. The Hall–Kier alpha value is -1.83. The molecule has 5 aliphatic rings. The molecule has 2 aromatic rings. The van der Waals surface area contributed by atoms with Gasteiger partial charge in [0.1, 0.15) is 5.75 Å². The minimum Gasteiger partial charge on any atom is -0.493 e. The van der Waals surface area contributed by atoms with Crippen LogP contribution in [0.25, 0.3) is 5.65 Å². The molecule has 2 aromatic heterocycles. The molecule has 5 fully saturated rings. The summed E-state index contributed by atoms with van der Waals surface area (Å²) in [5.74, 6) is 1.59. The van der Waals surface area contributed by atoms with Gasteiger partial charge >= 0.3 is 0 Å². The van der Waals surface area contributed by atoms with Gasteiger partial charge in [0, 0.05) is 23.2 Å². The lowest BCUT2D eigenvalue weighted by Crippen LogP contribution is -2.60. The van der Waals surface area contributed by atoms with E-state index in [0.29, 0.717) is 27.8 Å². The van der Waals surface area contributed by atoms with Crippen LogP contribution in [-0.2, 0) is 10.0 Å². The molecule has 0 saturated heterocycles. The Kier molecular flexibility index (Phi) is 4.01. The number of aromatic nitrogens is 3. The van der Waals surface area contributed by atoms with E-state index in [1.807, 2.05) is 12.3 Å². The minimum atomic E-state index is -3.42. The summed E-state index contributed by atoms with van der Waals surface area (Å²) in [6, 6.07) is 1.94. The second-order valence-corrected chi connectivity index (χ2v) is 14.5. The third-order valence-electron chi connectivity index (χ3n) is 8.33. The lowest BCUT2D eigenvalue weighted by atomic mass is 9.36. The first kappa shape index (κ1) is 20.8. The lowest BCUT2D eigenvalue weighted by Gasteiger charge is -2.69. The van der Waals surface area contributed by atoms with Crippen molar-refractivity contribution in [1.82, 2.24) is 14.6 Å². The molecule has 174 valence electrons. The summed E-state index contributed by atoms with van der Waals surface area (Å²) in [7, 11) is -3.42. The summed E-state index contributed by atoms with van der Waals surface area (Å²) < 4.78 is 34.3. The molecule has 32 heavy (non-hydrogen) atoms. The van der Waals surface area contributed by atoms with Gasteiger partial charge in [-0.2, -0.15) is 0 Å². The topological polar surface area (TPSA) is 85.6 Å². The van der Waals surface area contributed by atoms with Gasteiger partial charge < -0.3 is 4.74 Å². The van der Waals surface area contributed by atoms with Crippen molar-refractivity contribution < 1.29 is 13.2 Å². The summed E-state index contributed by atoms with van der Waals surface area (Å²) in [5.41, 5.74) is 3.30. The zero-order valence-electron chi connectivity index (χ0n) is 19.6. The zero-order valence-corrected chi connectivity index (χ0v) is 20.4. The van der Waals surface area contributed by atoms with Crippen LogP contribution >= 0.6 is 0 Å². The van der Waals surface area contributed by atoms with Crippen molar-refractivity contribution in [2.45, 2.75) is 78.1 Å². The molecular formula is C24H34N4O3S. The monoisotopic (exact) mass is 458 g/mol. The van der Waals surface area contributed by atoms with Crippen LogP contribution in [0.5, 0.6) is 5.75 Å². The fourth-order valence-corrected chi connectivity index (χ4v) is 9.41. The number of hydrogen-bond donors (Lipinski definition) is 1. The number of ether oxygens (including phenoxy) is 1. The standard InChI is InChI=1S/C24H34N4O3S/c1-21-9-22(2)11-23(3,10-21)14-24(12-21,13-22)15-31-18-7-19-25-26-20(27-32(4,29)30)28(19)8-17(18)16-5-6-16/h7-8,16H,5-6,9-15H2,1-4H3,(H,26,27). The van der Waals surface area contributed by atoms with Gasteiger partial charge in [-0.3, -0.25) is 9.12 Å².